The first-order chi connectivity index (χ1) is 16.9. The van der Waals surface area contributed by atoms with Crippen LogP contribution in [0.5, 0.6) is 0 Å². The molecule has 13 heteroatoms. The van der Waals surface area contributed by atoms with Crippen molar-refractivity contribution in [2.75, 3.05) is 5.75 Å². The van der Waals surface area contributed by atoms with Crippen LogP contribution in [0.25, 0.3) is 10.2 Å². The van der Waals surface area contributed by atoms with Crippen molar-refractivity contribution >= 4 is 79.9 Å². The van der Waals surface area contributed by atoms with E-state index >= 15 is 0 Å². The van der Waals surface area contributed by atoms with Crippen molar-refractivity contribution in [3.05, 3.63) is 57.1 Å². The number of benzene rings is 2. The van der Waals surface area contributed by atoms with Gasteiger partial charge in [0.25, 0.3) is 5.69 Å². The van der Waals surface area contributed by atoms with E-state index < -0.39 is 4.92 Å². The maximum atomic E-state index is 11.9. The molecule has 1 aliphatic carbocycles. The molecule has 178 valence electrons. The van der Waals surface area contributed by atoms with E-state index in [-0.39, 0.29) is 11.6 Å². The minimum Gasteiger partial charge on any atom is -0.353 e. The van der Waals surface area contributed by atoms with Crippen molar-refractivity contribution in [2.24, 2.45) is 4.99 Å². The lowest BCUT2D eigenvalue weighted by molar-refractivity contribution is -0.387. The van der Waals surface area contributed by atoms with Crippen molar-refractivity contribution in [3.63, 3.8) is 0 Å². The van der Waals surface area contributed by atoms with E-state index in [0.29, 0.717) is 26.6 Å². The van der Waals surface area contributed by atoms with Gasteiger partial charge in [-0.3, -0.25) is 19.9 Å². The SMILES string of the molecule is Cc1nnc(Sc2ccc(C=Nc3ccc4nc(SCC(=O)NC5CC5)sc4c3)cc2[N+](=O)[O-])s1. The molecular weight excluding hydrogens is 525 g/mol. The molecule has 0 unspecified atom stereocenters. The fourth-order valence-corrected chi connectivity index (χ4v) is 6.84. The van der Waals surface area contributed by atoms with E-state index in [0.717, 1.165) is 38.1 Å². The molecule has 0 aliphatic heterocycles. The van der Waals surface area contributed by atoms with Crippen LogP contribution < -0.4 is 5.32 Å². The summed E-state index contributed by atoms with van der Waals surface area (Å²) < 4.78 is 2.46. The number of amides is 1. The van der Waals surface area contributed by atoms with Crippen LogP contribution in [0.1, 0.15) is 23.4 Å². The number of nitrogens with one attached hydrogen (secondary N) is 1. The summed E-state index contributed by atoms with van der Waals surface area (Å²) >= 11 is 5.57. The molecule has 0 bridgehead atoms. The summed E-state index contributed by atoms with van der Waals surface area (Å²) in [6, 6.07) is 11.0. The molecule has 1 N–H and O–H groups in total. The minimum atomic E-state index is -0.402. The zero-order valence-corrected chi connectivity index (χ0v) is 21.6. The highest BCUT2D eigenvalue weighted by Crippen LogP contribution is 2.37. The lowest BCUT2D eigenvalue weighted by atomic mass is 10.2. The molecule has 2 aromatic carbocycles. The summed E-state index contributed by atoms with van der Waals surface area (Å²) in [5, 5.41) is 23.4. The average molecular weight is 543 g/mol. The predicted octanol–water partition coefficient (Wildman–Crippen LogP) is 5.64. The second-order valence-electron chi connectivity index (χ2n) is 7.69. The van der Waals surface area contributed by atoms with Gasteiger partial charge < -0.3 is 5.32 Å². The highest BCUT2D eigenvalue weighted by Gasteiger charge is 2.23. The fraction of sp³-hybridized carbons (Fsp3) is 0.227. The Bertz CT molecular complexity index is 1450. The number of rotatable bonds is 9. The normalized spacial score (nSPS) is 13.5. The summed E-state index contributed by atoms with van der Waals surface area (Å²) in [6.07, 6.45) is 3.75. The standard InChI is InChI=1S/C22H18N6O3S4/c1-12-26-27-22(33-12)34-18-7-2-13(8-17(18)28(30)31)10-23-15-5-6-16-19(9-15)35-21(25-16)32-11-20(29)24-14-3-4-14/h2,5-10,14H,3-4,11H2,1H3,(H,24,29). The van der Waals surface area contributed by atoms with Crippen molar-refractivity contribution in [3.8, 4) is 0 Å². The zero-order chi connectivity index (χ0) is 24.4. The predicted molar refractivity (Wildman–Crippen MR) is 141 cm³/mol. The van der Waals surface area contributed by atoms with Gasteiger partial charge >= 0.3 is 0 Å². The Labute approximate surface area is 216 Å². The summed E-state index contributed by atoms with van der Waals surface area (Å²) in [7, 11) is 0. The topological polar surface area (TPSA) is 123 Å². The van der Waals surface area contributed by atoms with Gasteiger partial charge in [-0.15, -0.1) is 21.5 Å². The van der Waals surface area contributed by atoms with E-state index in [1.165, 1.54) is 52.3 Å². The molecule has 1 fully saturated rings. The Morgan fingerprint density at radius 2 is 2.09 bits per heavy atom. The number of nitro groups is 1. The molecule has 9 nitrogen and oxygen atoms in total. The van der Waals surface area contributed by atoms with E-state index in [4.69, 9.17) is 0 Å². The Balaban J connectivity index is 1.28. The highest BCUT2D eigenvalue weighted by molar-refractivity contribution is 8.01. The second-order valence-corrected chi connectivity index (χ2v) is 12.4. The van der Waals surface area contributed by atoms with E-state index in [1.54, 1.807) is 18.3 Å². The maximum Gasteiger partial charge on any atom is 0.283 e. The maximum absolute atomic E-state index is 11.9. The molecule has 1 aliphatic rings. The van der Waals surface area contributed by atoms with Crippen LogP contribution in [0.3, 0.4) is 0 Å². The number of nitrogens with zero attached hydrogens (tertiary/aromatic N) is 5. The third-order valence-electron chi connectivity index (χ3n) is 4.87. The Morgan fingerprint density at radius 1 is 1.23 bits per heavy atom. The van der Waals surface area contributed by atoms with Gasteiger partial charge in [-0.25, -0.2) is 4.98 Å². The molecule has 4 aromatic rings. The first kappa shape index (κ1) is 23.9. The lowest BCUT2D eigenvalue weighted by Gasteiger charge is -2.01. The fourth-order valence-electron chi connectivity index (χ4n) is 3.06. The zero-order valence-electron chi connectivity index (χ0n) is 18.3. The number of hydrogen-bond donors (Lipinski definition) is 1. The minimum absolute atomic E-state index is 0.00268. The van der Waals surface area contributed by atoms with E-state index in [9.17, 15) is 14.9 Å². The number of nitro benzene ring substituents is 1. The van der Waals surface area contributed by atoms with Crippen LogP contribution in [0.2, 0.25) is 0 Å². The number of thiazole rings is 1. The third-order valence-corrected chi connectivity index (χ3v) is 8.98. The summed E-state index contributed by atoms with van der Waals surface area (Å²) in [4.78, 5) is 32.7. The first-order valence-electron chi connectivity index (χ1n) is 10.6. The number of thioether (sulfide) groups is 1. The van der Waals surface area contributed by atoms with Crippen LogP contribution in [0.15, 0.2) is 55.0 Å². The van der Waals surface area contributed by atoms with E-state index in [1.807, 2.05) is 25.1 Å². The molecule has 0 radical (unpaired) electrons. The molecule has 0 saturated heterocycles. The molecular formula is C22H18N6O3S4. The Kier molecular flexibility index (Phi) is 7.09. The molecule has 1 amide bonds. The summed E-state index contributed by atoms with van der Waals surface area (Å²) in [5.74, 6) is 0.395. The number of aromatic nitrogens is 3. The second kappa shape index (κ2) is 10.4. The van der Waals surface area contributed by atoms with Crippen molar-refractivity contribution < 1.29 is 9.72 Å². The number of carbonyl (C=O) groups excluding carboxylic acids is 1. The van der Waals surface area contributed by atoms with Gasteiger partial charge in [0.15, 0.2) is 8.68 Å². The van der Waals surface area contributed by atoms with Gasteiger partial charge in [-0.1, -0.05) is 40.9 Å². The quantitative estimate of drug-likeness (QED) is 0.125. The number of fused-ring (bicyclic) bond motifs is 1. The number of carbonyl (C=O) groups is 1. The van der Waals surface area contributed by atoms with Gasteiger partial charge in [0.1, 0.15) is 5.01 Å². The Hall–Kier alpha value is -2.87. The molecule has 0 atom stereocenters. The average Bonchev–Trinajstić information content (AvgIpc) is 3.40. The van der Waals surface area contributed by atoms with Gasteiger partial charge in [0.2, 0.25) is 5.91 Å². The first-order valence-corrected chi connectivity index (χ1v) is 14.0. The van der Waals surface area contributed by atoms with Crippen molar-refractivity contribution in [1.82, 2.24) is 20.5 Å². The van der Waals surface area contributed by atoms with Gasteiger partial charge in [-0.05, 0) is 49.6 Å². The third kappa shape index (κ3) is 6.23. The molecule has 1 saturated carbocycles. The molecule has 0 spiro atoms. The summed E-state index contributed by atoms with van der Waals surface area (Å²) in [6.45, 7) is 1.84. The molecule has 5 rings (SSSR count). The Morgan fingerprint density at radius 3 is 2.83 bits per heavy atom. The van der Waals surface area contributed by atoms with Crippen LogP contribution in [0, 0.1) is 17.0 Å². The highest BCUT2D eigenvalue weighted by atomic mass is 32.2. The lowest BCUT2D eigenvalue weighted by Crippen LogP contribution is -2.26. The summed E-state index contributed by atoms with van der Waals surface area (Å²) in [5.41, 5.74) is 2.19. The number of aryl methyl sites for hydroxylation is 1. The van der Waals surface area contributed by atoms with E-state index in [2.05, 4.69) is 25.5 Å². The largest absolute Gasteiger partial charge is 0.353 e. The van der Waals surface area contributed by atoms with Gasteiger partial charge in [0, 0.05) is 18.3 Å². The molecule has 2 heterocycles. The smallest absolute Gasteiger partial charge is 0.283 e. The van der Waals surface area contributed by atoms with Crippen LogP contribution in [-0.4, -0.2) is 44.0 Å². The molecule has 2 aromatic heterocycles. The van der Waals surface area contributed by atoms with Gasteiger partial charge in [0.05, 0.1) is 31.5 Å². The van der Waals surface area contributed by atoms with Crippen LogP contribution in [-0.2, 0) is 4.79 Å². The number of aliphatic imine (C=N–C) groups is 1. The van der Waals surface area contributed by atoms with Crippen LogP contribution >= 0.6 is 46.2 Å². The van der Waals surface area contributed by atoms with Crippen molar-refractivity contribution in [1.29, 1.82) is 0 Å². The molecule has 35 heavy (non-hydrogen) atoms. The monoisotopic (exact) mass is 542 g/mol. The van der Waals surface area contributed by atoms with Crippen LogP contribution in [0.4, 0.5) is 11.4 Å². The van der Waals surface area contributed by atoms with Crippen molar-refractivity contribution in [2.45, 2.75) is 39.4 Å². The number of hydrogen-bond acceptors (Lipinski definition) is 11. The van der Waals surface area contributed by atoms with Gasteiger partial charge in [-0.2, -0.15) is 0 Å².